The molecule has 0 aliphatic carbocycles. The normalized spacial score (nSPS) is 21.9. The Hall–Kier alpha value is -2.11. The third-order valence-corrected chi connectivity index (χ3v) is 3.48. The summed E-state index contributed by atoms with van der Waals surface area (Å²) in [4.78, 5) is 12.1. The van der Waals surface area contributed by atoms with Gasteiger partial charge in [0.25, 0.3) is 0 Å². The summed E-state index contributed by atoms with van der Waals surface area (Å²) in [6.07, 6.45) is 3.92. The molecule has 1 saturated heterocycles. The Morgan fingerprint density at radius 1 is 1.25 bits per heavy atom. The van der Waals surface area contributed by atoms with Gasteiger partial charge in [-0.25, -0.2) is 0 Å². The van der Waals surface area contributed by atoms with E-state index in [4.69, 9.17) is 10.5 Å². The van der Waals surface area contributed by atoms with Crippen molar-refractivity contribution in [3.63, 3.8) is 0 Å². The fourth-order valence-corrected chi connectivity index (χ4v) is 2.33. The highest BCUT2D eigenvalue weighted by molar-refractivity contribution is 5.93. The van der Waals surface area contributed by atoms with Crippen LogP contribution in [0.25, 0.3) is 5.69 Å². The third kappa shape index (κ3) is 2.59. The number of hydrogen-bond donors (Lipinski definition) is 2. The molecule has 5 nitrogen and oxygen atoms in total. The highest BCUT2D eigenvalue weighted by Gasteiger charge is 2.31. The summed E-state index contributed by atoms with van der Waals surface area (Å²) in [6, 6.07) is 11.4. The van der Waals surface area contributed by atoms with Gasteiger partial charge in [0.15, 0.2) is 0 Å². The van der Waals surface area contributed by atoms with Crippen LogP contribution < -0.4 is 11.1 Å². The summed E-state index contributed by atoms with van der Waals surface area (Å²) >= 11 is 0. The van der Waals surface area contributed by atoms with Crippen LogP contribution in [-0.4, -0.2) is 29.7 Å². The first-order chi connectivity index (χ1) is 9.74. The predicted octanol–water partition coefficient (Wildman–Crippen LogP) is 1.39. The van der Waals surface area contributed by atoms with Gasteiger partial charge in [0.05, 0.1) is 19.1 Å². The van der Waals surface area contributed by atoms with Gasteiger partial charge in [-0.2, -0.15) is 0 Å². The number of carbonyl (C=O) groups is 1. The molecular formula is C15H17N3O2. The van der Waals surface area contributed by atoms with E-state index in [1.807, 2.05) is 53.4 Å². The summed E-state index contributed by atoms with van der Waals surface area (Å²) in [7, 11) is 0. The summed E-state index contributed by atoms with van der Waals surface area (Å²) in [5.74, 6) is -0.357. The van der Waals surface area contributed by atoms with Crippen molar-refractivity contribution in [3.05, 3.63) is 48.8 Å². The standard InChI is InChI=1S/C15H17N3O2/c16-14-10-20-9-13(14)15(19)17-11-4-3-5-12(8-11)18-6-1-2-7-18/h1-8,13-14H,9-10,16H2,(H,17,19). The minimum Gasteiger partial charge on any atom is -0.379 e. The van der Waals surface area contributed by atoms with Crippen LogP contribution in [0.4, 0.5) is 5.69 Å². The first-order valence-electron chi connectivity index (χ1n) is 6.61. The van der Waals surface area contributed by atoms with Crippen molar-refractivity contribution in [2.45, 2.75) is 6.04 Å². The smallest absolute Gasteiger partial charge is 0.231 e. The lowest BCUT2D eigenvalue weighted by molar-refractivity contribution is -0.120. The minimum atomic E-state index is -0.273. The lowest BCUT2D eigenvalue weighted by Crippen LogP contribution is -2.37. The zero-order chi connectivity index (χ0) is 13.9. The number of anilines is 1. The number of benzene rings is 1. The molecule has 0 bridgehead atoms. The molecule has 0 spiro atoms. The average molecular weight is 271 g/mol. The maximum Gasteiger partial charge on any atom is 0.231 e. The molecule has 1 aliphatic heterocycles. The fraction of sp³-hybridized carbons (Fsp3) is 0.267. The van der Waals surface area contributed by atoms with E-state index in [2.05, 4.69) is 5.32 Å². The van der Waals surface area contributed by atoms with Crippen molar-refractivity contribution in [1.29, 1.82) is 0 Å². The Kier molecular flexibility index (Phi) is 3.54. The van der Waals surface area contributed by atoms with Crippen LogP contribution in [0.1, 0.15) is 0 Å². The molecule has 1 fully saturated rings. The van der Waals surface area contributed by atoms with Gasteiger partial charge in [0, 0.05) is 29.8 Å². The first-order valence-corrected chi connectivity index (χ1v) is 6.61. The number of carbonyl (C=O) groups excluding carboxylic acids is 1. The van der Waals surface area contributed by atoms with E-state index in [9.17, 15) is 4.79 Å². The first kappa shape index (κ1) is 12.9. The van der Waals surface area contributed by atoms with Crippen LogP contribution in [-0.2, 0) is 9.53 Å². The molecule has 1 aromatic carbocycles. The van der Waals surface area contributed by atoms with E-state index in [1.165, 1.54) is 0 Å². The molecule has 1 aromatic heterocycles. The van der Waals surface area contributed by atoms with Crippen molar-refractivity contribution < 1.29 is 9.53 Å². The van der Waals surface area contributed by atoms with Gasteiger partial charge >= 0.3 is 0 Å². The Bertz CT molecular complexity index is 595. The van der Waals surface area contributed by atoms with E-state index in [0.717, 1.165) is 11.4 Å². The molecule has 1 aliphatic rings. The second-order valence-electron chi connectivity index (χ2n) is 4.94. The molecule has 2 atom stereocenters. The Morgan fingerprint density at radius 3 is 2.75 bits per heavy atom. The van der Waals surface area contributed by atoms with Crippen molar-refractivity contribution in [3.8, 4) is 5.69 Å². The van der Waals surface area contributed by atoms with Crippen LogP contribution in [0.3, 0.4) is 0 Å². The Balaban J connectivity index is 1.74. The number of ether oxygens (including phenoxy) is 1. The molecule has 1 amide bonds. The number of hydrogen-bond acceptors (Lipinski definition) is 3. The summed E-state index contributed by atoms with van der Waals surface area (Å²) in [5, 5.41) is 2.90. The number of nitrogens with one attached hydrogen (secondary N) is 1. The topological polar surface area (TPSA) is 69.3 Å². The highest BCUT2D eigenvalue weighted by Crippen LogP contribution is 2.18. The quantitative estimate of drug-likeness (QED) is 0.886. The van der Waals surface area contributed by atoms with Crippen molar-refractivity contribution in [1.82, 2.24) is 4.57 Å². The van der Waals surface area contributed by atoms with Gasteiger partial charge in [0.1, 0.15) is 0 Å². The zero-order valence-electron chi connectivity index (χ0n) is 11.0. The van der Waals surface area contributed by atoms with E-state index in [-0.39, 0.29) is 17.9 Å². The Morgan fingerprint density at radius 2 is 2.05 bits per heavy atom. The maximum atomic E-state index is 12.1. The molecule has 2 aromatic rings. The summed E-state index contributed by atoms with van der Waals surface area (Å²) in [5.41, 5.74) is 7.61. The molecule has 5 heteroatoms. The van der Waals surface area contributed by atoms with Gasteiger partial charge in [0.2, 0.25) is 5.91 Å². The van der Waals surface area contributed by atoms with Gasteiger partial charge in [-0.05, 0) is 30.3 Å². The lowest BCUT2D eigenvalue weighted by Gasteiger charge is -2.14. The number of rotatable bonds is 3. The second-order valence-corrected chi connectivity index (χ2v) is 4.94. The van der Waals surface area contributed by atoms with Crippen molar-refractivity contribution in [2.24, 2.45) is 11.7 Å². The minimum absolute atomic E-state index is 0.0837. The number of nitrogens with two attached hydrogens (primary N) is 1. The van der Waals surface area contributed by atoms with E-state index in [0.29, 0.717) is 13.2 Å². The molecular weight excluding hydrogens is 254 g/mol. The molecule has 104 valence electrons. The third-order valence-electron chi connectivity index (χ3n) is 3.48. The molecule has 2 heterocycles. The molecule has 3 N–H and O–H groups in total. The summed E-state index contributed by atoms with van der Waals surface area (Å²) in [6.45, 7) is 0.839. The number of nitrogens with zero attached hydrogens (tertiary/aromatic N) is 1. The van der Waals surface area contributed by atoms with Crippen LogP contribution in [0.5, 0.6) is 0 Å². The van der Waals surface area contributed by atoms with Gasteiger partial charge < -0.3 is 20.4 Å². The van der Waals surface area contributed by atoms with E-state index >= 15 is 0 Å². The SMILES string of the molecule is NC1COCC1C(=O)Nc1cccc(-n2cccc2)c1. The van der Waals surface area contributed by atoms with Crippen LogP contribution >= 0.6 is 0 Å². The Labute approximate surface area is 117 Å². The van der Waals surface area contributed by atoms with Gasteiger partial charge in [-0.3, -0.25) is 4.79 Å². The second kappa shape index (κ2) is 5.48. The molecule has 3 rings (SSSR count). The monoisotopic (exact) mass is 271 g/mol. The van der Waals surface area contributed by atoms with Gasteiger partial charge in [-0.15, -0.1) is 0 Å². The van der Waals surface area contributed by atoms with Crippen molar-refractivity contribution >= 4 is 11.6 Å². The fourth-order valence-electron chi connectivity index (χ4n) is 2.33. The molecule has 20 heavy (non-hydrogen) atoms. The number of aromatic nitrogens is 1. The van der Waals surface area contributed by atoms with Crippen LogP contribution in [0.2, 0.25) is 0 Å². The predicted molar refractivity (Wildman–Crippen MR) is 76.7 cm³/mol. The van der Waals surface area contributed by atoms with Crippen LogP contribution in [0, 0.1) is 5.92 Å². The van der Waals surface area contributed by atoms with Crippen molar-refractivity contribution in [2.75, 3.05) is 18.5 Å². The van der Waals surface area contributed by atoms with E-state index in [1.54, 1.807) is 0 Å². The zero-order valence-corrected chi connectivity index (χ0v) is 11.0. The lowest BCUT2D eigenvalue weighted by atomic mass is 10.0. The summed E-state index contributed by atoms with van der Waals surface area (Å²) < 4.78 is 7.21. The van der Waals surface area contributed by atoms with E-state index < -0.39 is 0 Å². The largest absolute Gasteiger partial charge is 0.379 e. The molecule has 2 unspecified atom stereocenters. The van der Waals surface area contributed by atoms with Crippen LogP contribution in [0.15, 0.2) is 48.8 Å². The maximum absolute atomic E-state index is 12.1. The average Bonchev–Trinajstić information content (AvgIpc) is 3.09. The number of amides is 1. The molecule has 0 radical (unpaired) electrons. The highest BCUT2D eigenvalue weighted by atomic mass is 16.5. The molecule has 0 saturated carbocycles. The van der Waals surface area contributed by atoms with Gasteiger partial charge in [-0.1, -0.05) is 6.07 Å².